The highest BCUT2D eigenvalue weighted by molar-refractivity contribution is 8.23. The standard InChI is InChI=1S/C12H24NO3PS2/c1-4-8-11(13-9-7-10-19-12(13)18)17(14,15-5-2)16-6-3/h11H,4-10H2,1-3H3. The van der Waals surface area contributed by atoms with Crippen molar-refractivity contribution < 1.29 is 13.6 Å². The molecular formula is C12H24NO3PS2. The molecule has 112 valence electrons. The van der Waals surface area contributed by atoms with Gasteiger partial charge in [0.2, 0.25) is 0 Å². The molecule has 1 saturated heterocycles. The smallest absolute Gasteiger partial charge is 0.343 e. The highest BCUT2D eigenvalue weighted by atomic mass is 32.2. The van der Waals surface area contributed by atoms with Crippen molar-refractivity contribution in [1.29, 1.82) is 0 Å². The maximum absolute atomic E-state index is 13.0. The first kappa shape index (κ1) is 17.4. The van der Waals surface area contributed by atoms with E-state index >= 15 is 0 Å². The van der Waals surface area contributed by atoms with Crippen LogP contribution >= 0.6 is 31.6 Å². The highest BCUT2D eigenvalue weighted by Gasteiger charge is 2.40. The quantitative estimate of drug-likeness (QED) is 0.494. The summed E-state index contributed by atoms with van der Waals surface area (Å²) >= 11 is 7.07. The Bertz CT molecular complexity index is 331. The highest BCUT2D eigenvalue weighted by Crippen LogP contribution is 2.56. The molecule has 0 bridgehead atoms. The van der Waals surface area contributed by atoms with Crippen molar-refractivity contribution in [3.8, 4) is 0 Å². The van der Waals surface area contributed by atoms with Gasteiger partial charge < -0.3 is 13.9 Å². The van der Waals surface area contributed by atoms with Crippen LogP contribution in [0.4, 0.5) is 0 Å². The SMILES string of the molecule is CCCC(N1CCCSC1=S)P(=O)(OCC)OCC. The Morgan fingerprint density at radius 1 is 1.37 bits per heavy atom. The monoisotopic (exact) mass is 325 g/mol. The van der Waals surface area contributed by atoms with Crippen LogP contribution in [0.15, 0.2) is 0 Å². The van der Waals surface area contributed by atoms with Crippen molar-refractivity contribution in [3.05, 3.63) is 0 Å². The average Bonchev–Trinajstić information content (AvgIpc) is 2.37. The third-order valence-corrected chi connectivity index (χ3v) is 6.96. The lowest BCUT2D eigenvalue weighted by Gasteiger charge is -2.39. The van der Waals surface area contributed by atoms with Crippen molar-refractivity contribution in [1.82, 2.24) is 4.90 Å². The summed E-state index contributed by atoms with van der Waals surface area (Å²) in [5.41, 5.74) is 0. The van der Waals surface area contributed by atoms with Gasteiger partial charge in [-0.25, -0.2) is 0 Å². The van der Waals surface area contributed by atoms with Crippen LogP contribution in [0.1, 0.15) is 40.0 Å². The van der Waals surface area contributed by atoms with Gasteiger partial charge in [0.1, 0.15) is 10.1 Å². The predicted octanol–water partition coefficient (Wildman–Crippen LogP) is 4.10. The largest absolute Gasteiger partial charge is 0.352 e. The van der Waals surface area contributed by atoms with Gasteiger partial charge in [0, 0.05) is 12.3 Å². The second kappa shape index (κ2) is 8.63. The average molecular weight is 325 g/mol. The Balaban J connectivity index is 2.94. The van der Waals surface area contributed by atoms with Gasteiger partial charge in [0.25, 0.3) is 0 Å². The van der Waals surface area contributed by atoms with Crippen LogP contribution in [-0.2, 0) is 13.6 Å². The van der Waals surface area contributed by atoms with Gasteiger partial charge in [-0.3, -0.25) is 4.57 Å². The Morgan fingerprint density at radius 2 is 2.00 bits per heavy atom. The maximum atomic E-state index is 13.0. The van der Waals surface area contributed by atoms with Crippen molar-refractivity contribution in [2.24, 2.45) is 0 Å². The van der Waals surface area contributed by atoms with E-state index in [4.69, 9.17) is 21.3 Å². The molecule has 0 N–H and O–H groups in total. The molecule has 1 aliphatic rings. The fourth-order valence-electron chi connectivity index (χ4n) is 2.15. The predicted molar refractivity (Wildman–Crippen MR) is 85.9 cm³/mol. The molecule has 0 aromatic carbocycles. The number of hydrogen-bond acceptors (Lipinski definition) is 5. The van der Waals surface area contributed by atoms with Gasteiger partial charge in [0.15, 0.2) is 0 Å². The molecule has 7 heteroatoms. The van der Waals surface area contributed by atoms with E-state index in [0.29, 0.717) is 13.2 Å². The lowest BCUT2D eigenvalue weighted by Crippen LogP contribution is -2.42. The minimum Gasteiger partial charge on any atom is -0.343 e. The molecule has 1 unspecified atom stereocenters. The molecule has 4 nitrogen and oxygen atoms in total. The van der Waals surface area contributed by atoms with Crippen LogP contribution in [0.5, 0.6) is 0 Å². The van der Waals surface area contributed by atoms with Gasteiger partial charge in [-0.05, 0) is 26.7 Å². The lowest BCUT2D eigenvalue weighted by atomic mass is 10.3. The number of thioether (sulfide) groups is 1. The van der Waals surface area contributed by atoms with Gasteiger partial charge in [-0.2, -0.15) is 0 Å². The van der Waals surface area contributed by atoms with Crippen LogP contribution < -0.4 is 0 Å². The van der Waals surface area contributed by atoms with Gasteiger partial charge in [-0.15, -0.1) is 0 Å². The molecule has 1 atom stereocenters. The molecule has 1 rings (SSSR count). The Labute approximate surface area is 126 Å². The fourth-order valence-corrected chi connectivity index (χ4v) is 5.89. The Kier molecular flexibility index (Phi) is 7.92. The molecular weight excluding hydrogens is 301 g/mol. The van der Waals surface area contributed by atoms with E-state index in [2.05, 4.69) is 11.8 Å². The van der Waals surface area contributed by atoms with E-state index in [1.165, 1.54) is 0 Å². The maximum Gasteiger partial charge on any atom is 0.352 e. The summed E-state index contributed by atoms with van der Waals surface area (Å²) < 4.78 is 24.8. The van der Waals surface area contributed by atoms with Crippen molar-refractivity contribution in [2.45, 2.75) is 45.8 Å². The number of nitrogens with zero attached hydrogens (tertiary/aromatic N) is 1. The first-order chi connectivity index (χ1) is 9.09. The van der Waals surface area contributed by atoms with E-state index in [1.807, 2.05) is 13.8 Å². The number of thiocarbonyl (C=S) groups is 1. The summed E-state index contributed by atoms with van der Waals surface area (Å²) in [6.45, 7) is 7.41. The van der Waals surface area contributed by atoms with E-state index < -0.39 is 7.60 Å². The molecule has 0 amide bonds. The normalized spacial score (nSPS) is 18.7. The summed E-state index contributed by atoms with van der Waals surface area (Å²) in [6.07, 6.45) is 2.76. The molecule has 0 aliphatic carbocycles. The zero-order chi connectivity index (χ0) is 14.3. The Hall–Kier alpha value is 0.390. The second-order valence-electron chi connectivity index (χ2n) is 4.31. The molecule has 0 radical (unpaired) electrons. The Morgan fingerprint density at radius 3 is 2.47 bits per heavy atom. The first-order valence-corrected chi connectivity index (χ1v) is 9.91. The summed E-state index contributed by atoms with van der Waals surface area (Å²) in [5, 5.41) is 0. The fraction of sp³-hybridized carbons (Fsp3) is 0.917. The molecule has 1 heterocycles. The molecule has 1 fully saturated rings. The van der Waals surface area contributed by atoms with Crippen molar-refractivity contribution >= 4 is 35.9 Å². The van der Waals surface area contributed by atoms with Crippen LogP contribution in [0.3, 0.4) is 0 Å². The number of rotatable bonds is 8. The van der Waals surface area contributed by atoms with Gasteiger partial charge >= 0.3 is 7.60 Å². The zero-order valence-corrected chi connectivity index (χ0v) is 14.5. The first-order valence-electron chi connectivity index (χ1n) is 6.91. The zero-order valence-electron chi connectivity index (χ0n) is 12.0. The van der Waals surface area contributed by atoms with Crippen LogP contribution in [-0.4, -0.2) is 40.5 Å². The summed E-state index contributed by atoms with van der Waals surface area (Å²) in [7, 11) is -3.13. The molecule has 0 saturated carbocycles. The lowest BCUT2D eigenvalue weighted by molar-refractivity contribution is 0.188. The van der Waals surface area contributed by atoms with Crippen LogP contribution in [0.2, 0.25) is 0 Å². The summed E-state index contributed by atoms with van der Waals surface area (Å²) in [4.78, 5) is 2.05. The van der Waals surface area contributed by atoms with E-state index in [-0.39, 0.29) is 5.78 Å². The van der Waals surface area contributed by atoms with Gasteiger partial charge in [-0.1, -0.05) is 37.3 Å². The molecule has 19 heavy (non-hydrogen) atoms. The molecule has 0 aromatic rings. The molecule has 0 aromatic heterocycles. The summed E-state index contributed by atoms with van der Waals surface area (Å²) in [6, 6.07) is 0. The van der Waals surface area contributed by atoms with Crippen molar-refractivity contribution in [2.75, 3.05) is 25.5 Å². The third kappa shape index (κ3) is 4.71. The summed E-state index contributed by atoms with van der Waals surface area (Å²) in [5.74, 6) is 0.805. The van der Waals surface area contributed by atoms with Crippen molar-refractivity contribution in [3.63, 3.8) is 0 Å². The minimum absolute atomic E-state index is 0.238. The van der Waals surface area contributed by atoms with Crippen LogP contribution in [0.25, 0.3) is 0 Å². The second-order valence-corrected chi connectivity index (χ2v) is 8.23. The van der Waals surface area contributed by atoms with Crippen LogP contribution in [0, 0.1) is 0 Å². The van der Waals surface area contributed by atoms with E-state index in [1.54, 1.807) is 11.8 Å². The molecule has 0 spiro atoms. The van der Waals surface area contributed by atoms with Gasteiger partial charge in [0.05, 0.1) is 13.2 Å². The third-order valence-electron chi connectivity index (χ3n) is 2.89. The molecule has 1 aliphatic heterocycles. The van der Waals surface area contributed by atoms with E-state index in [0.717, 1.165) is 35.9 Å². The minimum atomic E-state index is -3.13. The van der Waals surface area contributed by atoms with E-state index in [9.17, 15) is 4.57 Å². The topological polar surface area (TPSA) is 38.8 Å². The number of hydrogen-bond donors (Lipinski definition) is 0.